The van der Waals surface area contributed by atoms with E-state index in [2.05, 4.69) is 15.3 Å². The molecule has 0 fully saturated rings. The Balaban J connectivity index is 2.39. The van der Waals surface area contributed by atoms with E-state index >= 15 is 0 Å². The number of ether oxygens (including phenoxy) is 3. The van der Waals surface area contributed by atoms with Gasteiger partial charge in [0.2, 0.25) is 10.5 Å². The number of H-pyrrole nitrogens is 1. The molecule has 1 aromatic heterocycles. The predicted molar refractivity (Wildman–Crippen MR) is 81.1 cm³/mol. The van der Waals surface area contributed by atoms with E-state index in [1.54, 1.807) is 32.6 Å². The molecular formula is C13H16N4O3S. The first-order valence-electron chi connectivity index (χ1n) is 6.24. The number of aromatic amines is 1. The van der Waals surface area contributed by atoms with Gasteiger partial charge in [0.1, 0.15) is 6.33 Å². The molecule has 1 heterocycles. The number of hydrogen-bond acceptors (Lipinski definition) is 6. The van der Waals surface area contributed by atoms with Crippen LogP contribution in [0.5, 0.6) is 17.2 Å². The lowest BCUT2D eigenvalue weighted by Gasteiger charge is -2.14. The van der Waals surface area contributed by atoms with Gasteiger partial charge >= 0.3 is 0 Å². The summed E-state index contributed by atoms with van der Waals surface area (Å²) in [6.07, 6.45) is 3.12. The Morgan fingerprint density at radius 3 is 2.48 bits per heavy atom. The number of methoxy groups -OCH3 is 2. The standard InChI is InChI=1S/C13H16N4O3S/c1-4-20-12-10(18-2)5-9(6-11(12)19-3)7-15-17-8-14-16-13(17)21/h5-8H,4H2,1-3H3,(H,16,21)/b15-7-. The van der Waals surface area contributed by atoms with Crippen LogP contribution < -0.4 is 14.2 Å². The molecule has 0 amide bonds. The lowest BCUT2D eigenvalue weighted by atomic mass is 10.2. The highest BCUT2D eigenvalue weighted by Gasteiger charge is 2.13. The monoisotopic (exact) mass is 308 g/mol. The second-order valence-electron chi connectivity index (χ2n) is 3.94. The van der Waals surface area contributed by atoms with Gasteiger partial charge in [0, 0.05) is 5.56 Å². The molecule has 0 radical (unpaired) electrons. The first-order valence-corrected chi connectivity index (χ1v) is 6.65. The van der Waals surface area contributed by atoms with E-state index in [0.717, 1.165) is 5.56 Å². The van der Waals surface area contributed by atoms with Crippen molar-refractivity contribution in [3.63, 3.8) is 0 Å². The SMILES string of the molecule is CCOc1c(OC)cc(/C=N\n2cn[nH]c2=S)cc1OC. The predicted octanol–water partition coefficient (Wildman–Crippen LogP) is 2.24. The highest BCUT2D eigenvalue weighted by Crippen LogP contribution is 2.38. The molecule has 7 nitrogen and oxygen atoms in total. The molecule has 0 bridgehead atoms. The zero-order valence-electron chi connectivity index (χ0n) is 12.0. The molecule has 112 valence electrons. The summed E-state index contributed by atoms with van der Waals surface area (Å²) in [7, 11) is 3.15. The van der Waals surface area contributed by atoms with Crippen molar-refractivity contribution in [1.29, 1.82) is 0 Å². The molecule has 8 heteroatoms. The van der Waals surface area contributed by atoms with E-state index in [9.17, 15) is 0 Å². The zero-order valence-corrected chi connectivity index (χ0v) is 12.8. The summed E-state index contributed by atoms with van der Waals surface area (Å²) in [5.41, 5.74) is 0.787. The maximum Gasteiger partial charge on any atom is 0.216 e. The fraction of sp³-hybridized carbons (Fsp3) is 0.308. The van der Waals surface area contributed by atoms with E-state index < -0.39 is 0 Å². The minimum absolute atomic E-state index is 0.413. The second kappa shape index (κ2) is 6.89. The Labute approximate surface area is 127 Å². The van der Waals surface area contributed by atoms with Crippen molar-refractivity contribution in [2.45, 2.75) is 6.92 Å². The molecule has 0 atom stereocenters. The number of aromatic nitrogens is 3. The van der Waals surface area contributed by atoms with Gasteiger partial charge in [-0.1, -0.05) is 0 Å². The minimum Gasteiger partial charge on any atom is -0.493 e. The number of nitrogens with one attached hydrogen (secondary N) is 1. The third kappa shape index (κ3) is 3.40. The van der Waals surface area contributed by atoms with Gasteiger partial charge in [-0.25, -0.2) is 0 Å². The van der Waals surface area contributed by atoms with Crippen molar-refractivity contribution in [2.24, 2.45) is 5.10 Å². The van der Waals surface area contributed by atoms with E-state index in [1.165, 1.54) is 11.0 Å². The molecule has 1 aromatic carbocycles. The van der Waals surface area contributed by atoms with Crippen LogP contribution in [0.2, 0.25) is 0 Å². The van der Waals surface area contributed by atoms with Gasteiger partial charge in [0.25, 0.3) is 0 Å². The van der Waals surface area contributed by atoms with Crippen LogP contribution in [-0.4, -0.2) is 41.9 Å². The highest BCUT2D eigenvalue weighted by molar-refractivity contribution is 7.71. The van der Waals surface area contributed by atoms with E-state index in [0.29, 0.717) is 28.6 Å². The molecule has 21 heavy (non-hydrogen) atoms. The van der Waals surface area contributed by atoms with Crippen molar-refractivity contribution >= 4 is 18.4 Å². The fourth-order valence-corrected chi connectivity index (χ4v) is 1.86. The number of nitrogens with zero attached hydrogens (tertiary/aromatic N) is 3. The normalized spacial score (nSPS) is 10.8. The minimum atomic E-state index is 0.413. The van der Waals surface area contributed by atoms with Gasteiger partial charge in [-0.15, -0.1) is 0 Å². The maximum atomic E-state index is 5.54. The van der Waals surface area contributed by atoms with Crippen LogP contribution in [-0.2, 0) is 0 Å². The quantitative estimate of drug-likeness (QED) is 0.654. The number of rotatable bonds is 6. The van der Waals surface area contributed by atoms with Crippen LogP contribution in [0.25, 0.3) is 0 Å². The van der Waals surface area contributed by atoms with Gasteiger partial charge in [-0.05, 0) is 31.3 Å². The van der Waals surface area contributed by atoms with E-state index in [4.69, 9.17) is 26.4 Å². The summed E-state index contributed by atoms with van der Waals surface area (Å²) in [6.45, 7) is 2.42. The first-order chi connectivity index (χ1) is 10.2. The van der Waals surface area contributed by atoms with Crippen LogP contribution in [0.1, 0.15) is 12.5 Å². The highest BCUT2D eigenvalue weighted by atomic mass is 32.1. The van der Waals surface area contributed by atoms with Crippen molar-refractivity contribution in [2.75, 3.05) is 20.8 Å². The molecule has 0 saturated heterocycles. The summed E-state index contributed by atoms with van der Waals surface area (Å²) in [5.74, 6) is 1.72. The third-order valence-electron chi connectivity index (χ3n) is 2.64. The molecule has 0 saturated carbocycles. The average molecular weight is 308 g/mol. The van der Waals surface area contributed by atoms with Crippen LogP contribution >= 0.6 is 12.2 Å². The van der Waals surface area contributed by atoms with Gasteiger partial charge in [0.15, 0.2) is 11.5 Å². The summed E-state index contributed by atoms with van der Waals surface area (Å²) < 4.78 is 18.1. The summed E-state index contributed by atoms with van der Waals surface area (Å²) in [5, 5.41) is 10.6. The second-order valence-corrected chi connectivity index (χ2v) is 4.32. The molecule has 0 unspecified atom stereocenters. The van der Waals surface area contributed by atoms with Crippen LogP contribution in [0, 0.1) is 4.77 Å². The summed E-state index contributed by atoms with van der Waals surface area (Å²) >= 11 is 5.02. The number of benzene rings is 1. The van der Waals surface area contributed by atoms with E-state index in [-0.39, 0.29) is 0 Å². The number of hydrogen-bond donors (Lipinski definition) is 1. The lowest BCUT2D eigenvalue weighted by Crippen LogP contribution is -2.00. The van der Waals surface area contributed by atoms with Crippen molar-refractivity contribution < 1.29 is 14.2 Å². The molecule has 2 rings (SSSR count). The molecule has 0 aliphatic heterocycles. The van der Waals surface area contributed by atoms with Crippen LogP contribution in [0.15, 0.2) is 23.6 Å². The smallest absolute Gasteiger partial charge is 0.216 e. The Hall–Kier alpha value is -2.35. The van der Waals surface area contributed by atoms with Crippen molar-refractivity contribution in [3.05, 3.63) is 28.8 Å². The fourth-order valence-electron chi connectivity index (χ4n) is 1.71. The molecular weight excluding hydrogens is 292 g/mol. The van der Waals surface area contributed by atoms with Gasteiger partial charge in [-0.3, -0.25) is 5.10 Å². The average Bonchev–Trinajstić information content (AvgIpc) is 2.91. The molecule has 1 N–H and O–H groups in total. The van der Waals surface area contributed by atoms with Crippen LogP contribution in [0.4, 0.5) is 0 Å². The molecule has 0 spiro atoms. The van der Waals surface area contributed by atoms with Crippen molar-refractivity contribution in [1.82, 2.24) is 14.9 Å². The third-order valence-corrected chi connectivity index (χ3v) is 2.92. The molecule has 0 aliphatic rings. The first kappa shape index (κ1) is 15.0. The Morgan fingerprint density at radius 2 is 2.00 bits per heavy atom. The van der Waals surface area contributed by atoms with Gasteiger partial charge in [0.05, 0.1) is 27.0 Å². The Bertz CT molecular complexity index is 668. The molecule has 2 aromatic rings. The topological polar surface area (TPSA) is 73.7 Å². The maximum absolute atomic E-state index is 5.54. The Morgan fingerprint density at radius 1 is 1.33 bits per heavy atom. The van der Waals surface area contributed by atoms with Gasteiger partial charge in [-0.2, -0.15) is 14.9 Å². The van der Waals surface area contributed by atoms with Gasteiger partial charge < -0.3 is 14.2 Å². The molecule has 0 aliphatic carbocycles. The van der Waals surface area contributed by atoms with Crippen LogP contribution in [0.3, 0.4) is 0 Å². The lowest BCUT2D eigenvalue weighted by molar-refractivity contribution is 0.288. The summed E-state index contributed by atoms with van der Waals surface area (Å²) in [4.78, 5) is 0. The van der Waals surface area contributed by atoms with Crippen molar-refractivity contribution in [3.8, 4) is 17.2 Å². The zero-order chi connectivity index (χ0) is 15.2. The largest absolute Gasteiger partial charge is 0.493 e. The van der Waals surface area contributed by atoms with E-state index in [1.807, 2.05) is 6.92 Å². The summed E-state index contributed by atoms with van der Waals surface area (Å²) in [6, 6.07) is 3.61. The Kier molecular flexibility index (Phi) is 4.94.